The standard InChI is InChI=1S/C20H19N3O3S/c1-14(22-20(25)26-13-15-5-3-2-4-6-15)17-7-8-18(27-17)19(24)23-16-9-11-21-12-10-16/h2-12,14H,13H2,1H3,(H,22,25)(H,21,23,24). The van der Waals surface area contributed by atoms with E-state index in [9.17, 15) is 9.59 Å². The number of nitrogens with one attached hydrogen (secondary N) is 2. The van der Waals surface area contributed by atoms with Crippen molar-refractivity contribution in [1.29, 1.82) is 0 Å². The Bertz CT molecular complexity index is 897. The molecule has 0 fully saturated rings. The molecule has 0 saturated carbocycles. The van der Waals surface area contributed by atoms with Crippen molar-refractivity contribution in [2.75, 3.05) is 5.32 Å². The van der Waals surface area contributed by atoms with Gasteiger partial charge in [-0.15, -0.1) is 11.3 Å². The first-order valence-corrected chi connectivity index (χ1v) is 9.22. The number of nitrogens with zero attached hydrogens (tertiary/aromatic N) is 1. The summed E-state index contributed by atoms with van der Waals surface area (Å²) in [6.07, 6.45) is 2.73. The first kappa shape index (κ1) is 18.6. The zero-order valence-corrected chi connectivity index (χ0v) is 15.5. The molecule has 2 aromatic heterocycles. The van der Waals surface area contributed by atoms with Gasteiger partial charge in [0.1, 0.15) is 6.61 Å². The van der Waals surface area contributed by atoms with Crippen molar-refractivity contribution < 1.29 is 14.3 Å². The van der Waals surface area contributed by atoms with E-state index in [-0.39, 0.29) is 18.6 Å². The maximum absolute atomic E-state index is 12.3. The van der Waals surface area contributed by atoms with Crippen molar-refractivity contribution in [3.63, 3.8) is 0 Å². The first-order valence-electron chi connectivity index (χ1n) is 8.40. The number of carbonyl (C=O) groups excluding carboxylic acids is 2. The second-order valence-corrected chi connectivity index (χ2v) is 6.94. The van der Waals surface area contributed by atoms with Crippen LogP contribution in [0.5, 0.6) is 0 Å². The van der Waals surface area contributed by atoms with Crippen LogP contribution in [0.2, 0.25) is 0 Å². The fraction of sp³-hybridized carbons (Fsp3) is 0.150. The Morgan fingerprint density at radius 2 is 1.81 bits per heavy atom. The van der Waals surface area contributed by atoms with Crippen LogP contribution in [0.15, 0.2) is 67.0 Å². The molecule has 0 saturated heterocycles. The summed E-state index contributed by atoms with van der Waals surface area (Å²) in [6.45, 7) is 2.06. The monoisotopic (exact) mass is 381 g/mol. The maximum atomic E-state index is 12.3. The van der Waals surface area contributed by atoms with Crippen LogP contribution in [0.25, 0.3) is 0 Å². The van der Waals surface area contributed by atoms with E-state index in [0.717, 1.165) is 10.4 Å². The lowest BCUT2D eigenvalue weighted by molar-refractivity contribution is 0.103. The van der Waals surface area contributed by atoms with Gasteiger partial charge in [0.25, 0.3) is 5.91 Å². The zero-order valence-electron chi connectivity index (χ0n) is 14.7. The van der Waals surface area contributed by atoms with Gasteiger partial charge >= 0.3 is 6.09 Å². The van der Waals surface area contributed by atoms with Crippen molar-refractivity contribution in [1.82, 2.24) is 10.3 Å². The number of anilines is 1. The number of carbonyl (C=O) groups is 2. The summed E-state index contributed by atoms with van der Waals surface area (Å²) in [6, 6.07) is 16.2. The molecule has 0 bridgehead atoms. The topological polar surface area (TPSA) is 80.3 Å². The summed E-state index contributed by atoms with van der Waals surface area (Å²) < 4.78 is 5.22. The minimum atomic E-state index is -0.498. The van der Waals surface area contributed by atoms with Gasteiger partial charge < -0.3 is 15.4 Å². The Balaban J connectivity index is 1.52. The molecule has 7 heteroatoms. The van der Waals surface area contributed by atoms with Crippen molar-refractivity contribution in [3.8, 4) is 0 Å². The van der Waals surface area contributed by atoms with E-state index >= 15 is 0 Å². The third-order valence-electron chi connectivity index (χ3n) is 3.76. The molecule has 1 atom stereocenters. The number of benzene rings is 1. The molecule has 0 aliphatic carbocycles. The van der Waals surface area contributed by atoms with Gasteiger partial charge in [-0.3, -0.25) is 9.78 Å². The smallest absolute Gasteiger partial charge is 0.407 e. The largest absolute Gasteiger partial charge is 0.445 e. The minimum absolute atomic E-state index is 0.198. The highest BCUT2D eigenvalue weighted by molar-refractivity contribution is 7.14. The van der Waals surface area contributed by atoms with Gasteiger partial charge in [-0.2, -0.15) is 0 Å². The van der Waals surface area contributed by atoms with Crippen molar-refractivity contribution in [2.24, 2.45) is 0 Å². The fourth-order valence-electron chi connectivity index (χ4n) is 2.35. The molecule has 2 amide bonds. The second-order valence-electron chi connectivity index (χ2n) is 5.82. The molecule has 6 nitrogen and oxygen atoms in total. The SMILES string of the molecule is CC(NC(=O)OCc1ccccc1)c1ccc(C(=O)Nc2ccncc2)s1. The third-order valence-corrected chi connectivity index (χ3v) is 5.03. The summed E-state index contributed by atoms with van der Waals surface area (Å²) in [5.74, 6) is -0.198. The van der Waals surface area contributed by atoms with Crippen LogP contribution in [-0.2, 0) is 11.3 Å². The Kier molecular flexibility index (Phi) is 6.17. The van der Waals surface area contributed by atoms with E-state index < -0.39 is 6.09 Å². The molecule has 2 N–H and O–H groups in total. The Hall–Kier alpha value is -3.19. The van der Waals surface area contributed by atoms with Crippen LogP contribution >= 0.6 is 11.3 Å². The van der Waals surface area contributed by atoms with Crippen LogP contribution in [0.1, 0.15) is 33.1 Å². The van der Waals surface area contributed by atoms with Crippen molar-refractivity contribution >= 4 is 29.0 Å². The number of thiophene rings is 1. The van der Waals surface area contributed by atoms with Crippen LogP contribution in [-0.4, -0.2) is 17.0 Å². The van der Waals surface area contributed by atoms with Crippen LogP contribution < -0.4 is 10.6 Å². The van der Waals surface area contributed by atoms with Gasteiger partial charge in [0, 0.05) is 23.0 Å². The summed E-state index contributed by atoms with van der Waals surface area (Å²) in [5, 5.41) is 5.59. The number of rotatable bonds is 6. The van der Waals surface area contributed by atoms with E-state index in [4.69, 9.17) is 4.74 Å². The van der Waals surface area contributed by atoms with Crippen molar-refractivity contribution in [3.05, 3.63) is 82.3 Å². The van der Waals surface area contributed by atoms with Gasteiger partial charge in [0.05, 0.1) is 10.9 Å². The van der Waals surface area contributed by atoms with Crippen LogP contribution in [0.3, 0.4) is 0 Å². The van der Waals surface area contributed by atoms with Gasteiger partial charge in [-0.25, -0.2) is 4.79 Å². The highest BCUT2D eigenvalue weighted by atomic mass is 32.1. The molecule has 3 rings (SSSR count). The molecule has 0 aliphatic rings. The van der Waals surface area contributed by atoms with E-state index in [0.29, 0.717) is 10.6 Å². The highest BCUT2D eigenvalue weighted by Gasteiger charge is 2.16. The number of hydrogen-bond acceptors (Lipinski definition) is 5. The molecular formula is C20H19N3O3S. The average Bonchev–Trinajstić information content (AvgIpc) is 3.19. The number of alkyl carbamates (subject to hydrolysis) is 1. The number of aromatic nitrogens is 1. The van der Waals surface area contributed by atoms with E-state index in [1.54, 1.807) is 30.6 Å². The van der Waals surface area contributed by atoms with Gasteiger partial charge in [-0.05, 0) is 36.8 Å². The summed E-state index contributed by atoms with van der Waals surface area (Å²) >= 11 is 1.33. The van der Waals surface area contributed by atoms with Gasteiger partial charge in [0.2, 0.25) is 0 Å². The predicted molar refractivity (Wildman–Crippen MR) is 105 cm³/mol. The lowest BCUT2D eigenvalue weighted by Crippen LogP contribution is -2.26. The Labute approximate surface area is 161 Å². The average molecular weight is 381 g/mol. The normalized spacial score (nSPS) is 11.4. The fourth-order valence-corrected chi connectivity index (χ4v) is 3.25. The summed E-state index contributed by atoms with van der Waals surface area (Å²) in [7, 11) is 0. The Morgan fingerprint density at radius 1 is 1.07 bits per heavy atom. The lowest BCUT2D eigenvalue weighted by Gasteiger charge is -2.12. The van der Waals surface area contributed by atoms with E-state index in [2.05, 4.69) is 15.6 Å². The summed E-state index contributed by atoms with van der Waals surface area (Å²) in [5.41, 5.74) is 1.60. The second kappa shape index (κ2) is 8.95. The predicted octanol–water partition coefficient (Wildman–Crippen LogP) is 4.38. The van der Waals surface area contributed by atoms with Gasteiger partial charge in [-0.1, -0.05) is 30.3 Å². The molecule has 138 valence electrons. The number of amides is 2. The highest BCUT2D eigenvalue weighted by Crippen LogP contribution is 2.24. The third kappa shape index (κ3) is 5.39. The molecule has 2 heterocycles. The molecule has 1 aromatic carbocycles. The minimum Gasteiger partial charge on any atom is -0.445 e. The number of ether oxygens (including phenoxy) is 1. The number of hydrogen-bond donors (Lipinski definition) is 2. The first-order chi connectivity index (χ1) is 13.1. The zero-order chi connectivity index (χ0) is 19.1. The van der Waals surface area contributed by atoms with Gasteiger partial charge in [0.15, 0.2) is 0 Å². The number of pyridine rings is 1. The quantitative estimate of drug-likeness (QED) is 0.664. The molecule has 3 aromatic rings. The molecule has 27 heavy (non-hydrogen) atoms. The van der Waals surface area contributed by atoms with Crippen LogP contribution in [0.4, 0.5) is 10.5 Å². The maximum Gasteiger partial charge on any atom is 0.407 e. The molecule has 1 unspecified atom stereocenters. The molecular weight excluding hydrogens is 362 g/mol. The van der Waals surface area contributed by atoms with E-state index in [1.165, 1.54) is 11.3 Å². The Morgan fingerprint density at radius 3 is 2.56 bits per heavy atom. The van der Waals surface area contributed by atoms with Crippen molar-refractivity contribution in [2.45, 2.75) is 19.6 Å². The molecule has 0 radical (unpaired) electrons. The molecule has 0 aliphatic heterocycles. The van der Waals surface area contributed by atoms with E-state index in [1.807, 2.05) is 43.3 Å². The summed E-state index contributed by atoms with van der Waals surface area (Å²) in [4.78, 5) is 29.6. The van der Waals surface area contributed by atoms with Crippen LogP contribution in [0, 0.1) is 0 Å². The molecule has 0 spiro atoms. The lowest BCUT2D eigenvalue weighted by atomic mass is 10.2.